The number of hydrogen-bond acceptors (Lipinski definition) is 5. The maximum Gasteiger partial charge on any atom is 0.220 e. The fraction of sp³-hybridized carbons (Fsp3) is 0.529. The van der Waals surface area contributed by atoms with Crippen molar-refractivity contribution in [3.63, 3.8) is 0 Å². The van der Waals surface area contributed by atoms with Crippen LogP contribution in [0.4, 0.5) is 5.82 Å². The molecular weight excluding hydrogens is 304 g/mol. The Hall–Kier alpha value is -2.44. The maximum atomic E-state index is 11.6. The van der Waals surface area contributed by atoms with E-state index in [0.717, 1.165) is 35.9 Å². The van der Waals surface area contributed by atoms with Gasteiger partial charge in [-0.3, -0.25) is 4.79 Å². The minimum Gasteiger partial charge on any atom is -0.368 e. The number of nitrogens with zero attached hydrogens (tertiary/aromatic N) is 4. The number of aryl methyl sites for hydroxylation is 3. The zero-order valence-electron chi connectivity index (χ0n) is 14.9. The molecule has 2 aromatic heterocycles. The zero-order chi connectivity index (χ0) is 17.5. The molecule has 2 N–H and O–H groups in total. The van der Waals surface area contributed by atoms with E-state index in [0.29, 0.717) is 25.3 Å². The second-order valence-electron chi connectivity index (χ2n) is 5.88. The van der Waals surface area contributed by atoms with Gasteiger partial charge in [0.2, 0.25) is 5.91 Å². The lowest BCUT2D eigenvalue weighted by Crippen LogP contribution is -2.28. The number of carbonyl (C=O) groups is 1. The number of aromatic nitrogens is 4. The van der Waals surface area contributed by atoms with Gasteiger partial charge in [0.05, 0.1) is 5.69 Å². The molecule has 130 valence electrons. The molecule has 0 atom stereocenters. The summed E-state index contributed by atoms with van der Waals surface area (Å²) in [4.78, 5) is 20.4. The molecule has 0 aliphatic rings. The summed E-state index contributed by atoms with van der Waals surface area (Å²) in [5.41, 5.74) is 1.98. The van der Waals surface area contributed by atoms with E-state index in [1.165, 1.54) is 0 Å². The normalized spacial score (nSPS) is 10.7. The van der Waals surface area contributed by atoms with Crippen LogP contribution in [-0.4, -0.2) is 38.7 Å². The first-order valence-electron chi connectivity index (χ1n) is 8.39. The van der Waals surface area contributed by atoms with E-state index in [1.807, 2.05) is 37.6 Å². The van der Waals surface area contributed by atoms with Crippen LogP contribution < -0.4 is 10.6 Å². The molecule has 1 amide bonds. The number of nitrogens with one attached hydrogen (secondary N) is 2. The van der Waals surface area contributed by atoms with E-state index in [1.54, 1.807) is 0 Å². The lowest BCUT2D eigenvalue weighted by atomic mass is 10.2. The molecular formula is C17H26N6O. The Balaban J connectivity index is 1.94. The highest BCUT2D eigenvalue weighted by molar-refractivity contribution is 5.75. The topological polar surface area (TPSA) is 84.7 Å². The van der Waals surface area contributed by atoms with Crippen molar-refractivity contribution in [3.05, 3.63) is 29.3 Å². The molecule has 0 fully saturated rings. The Labute approximate surface area is 142 Å². The summed E-state index contributed by atoms with van der Waals surface area (Å²) in [6.07, 6.45) is 2.54. The van der Waals surface area contributed by atoms with E-state index >= 15 is 0 Å². The lowest BCUT2D eigenvalue weighted by Gasteiger charge is -2.10. The molecule has 0 saturated carbocycles. The highest BCUT2D eigenvalue weighted by Gasteiger charge is 2.08. The van der Waals surface area contributed by atoms with Crippen LogP contribution in [0.25, 0.3) is 5.82 Å². The molecule has 24 heavy (non-hydrogen) atoms. The van der Waals surface area contributed by atoms with Gasteiger partial charge in [0.25, 0.3) is 0 Å². The van der Waals surface area contributed by atoms with Gasteiger partial charge in [-0.25, -0.2) is 14.6 Å². The van der Waals surface area contributed by atoms with Crippen molar-refractivity contribution in [2.75, 3.05) is 18.4 Å². The third kappa shape index (κ3) is 5.04. The summed E-state index contributed by atoms with van der Waals surface area (Å²) < 4.78 is 1.81. The number of carbonyl (C=O) groups excluding carboxylic acids is 1. The van der Waals surface area contributed by atoms with E-state index in [2.05, 4.69) is 32.6 Å². The highest BCUT2D eigenvalue weighted by Crippen LogP contribution is 2.13. The van der Waals surface area contributed by atoms with Crippen LogP contribution in [0.3, 0.4) is 0 Å². The molecule has 0 saturated heterocycles. The summed E-state index contributed by atoms with van der Waals surface area (Å²) in [7, 11) is 0. The molecule has 0 spiro atoms. The third-order valence-electron chi connectivity index (χ3n) is 3.56. The Morgan fingerprint density at radius 1 is 1.17 bits per heavy atom. The van der Waals surface area contributed by atoms with Gasteiger partial charge in [0.1, 0.15) is 11.6 Å². The van der Waals surface area contributed by atoms with Crippen molar-refractivity contribution in [3.8, 4) is 5.82 Å². The molecule has 7 heteroatoms. The van der Waals surface area contributed by atoms with Crippen LogP contribution in [-0.2, 0) is 4.79 Å². The number of hydrogen-bond donors (Lipinski definition) is 2. The first-order chi connectivity index (χ1) is 11.5. The number of anilines is 1. The SMILES string of the molecule is CCCCC(=O)NCCNc1cc(-n2nc(C)cc2C)nc(C)n1. The van der Waals surface area contributed by atoms with Gasteiger partial charge in [0, 0.05) is 31.3 Å². The molecule has 2 heterocycles. The van der Waals surface area contributed by atoms with Crippen molar-refractivity contribution < 1.29 is 4.79 Å². The van der Waals surface area contributed by atoms with Crippen molar-refractivity contribution >= 4 is 11.7 Å². The van der Waals surface area contributed by atoms with E-state index < -0.39 is 0 Å². The number of unbranched alkanes of at least 4 members (excludes halogenated alkanes) is 1. The smallest absolute Gasteiger partial charge is 0.220 e. The number of amides is 1. The van der Waals surface area contributed by atoms with E-state index in [9.17, 15) is 4.79 Å². The van der Waals surface area contributed by atoms with Gasteiger partial charge in [-0.15, -0.1) is 0 Å². The third-order valence-corrected chi connectivity index (χ3v) is 3.56. The van der Waals surface area contributed by atoms with Crippen LogP contribution in [0.1, 0.15) is 43.4 Å². The highest BCUT2D eigenvalue weighted by atomic mass is 16.1. The van der Waals surface area contributed by atoms with Gasteiger partial charge in [-0.1, -0.05) is 13.3 Å². The molecule has 2 rings (SSSR count). The Morgan fingerprint density at radius 3 is 2.62 bits per heavy atom. The minimum absolute atomic E-state index is 0.0980. The predicted molar refractivity (Wildman–Crippen MR) is 94.4 cm³/mol. The first-order valence-corrected chi connectivity index (χ1v) is 8.39. The van der Waals surface area contributed by atoms with E-state index in [-0.39, 0.29) is 5.91 Å². The molecule has 0 radical (unpaired) electrons. The Kier molecular flexibility index (Phi) is 6.28. The first kappa shape index (κ1) is 17.9. The molecule has 0 bridgehead atoms. The van der Waals surface area contributed by atoms with Crippen LogP contribution in [0, 0.1) is 20.8 Å². The predicted octanol–water partition coefficient (Wildman–Crippen LogP) is 2.31. The minimum atomic E-state index is 0.0980. The largest absolute Gasteiger partial charge is 0.368 e. The molecule has 2 aromatic rings. The standard InChI is InChI=1S/C17H26N6O/c1-5-6-7-17(24)19-9-8-18-15-11-16(21-14(4)20-15)23-13(3)10-12(2)22-23/h10-11H,5-9H2,1-4H3,(H,19,24)(H,18,20,21). The summed E-state index contributed by atoms with van der Waals surface area (Å²) >= 11 is 0. The fourth-order valence-corrected chi connectivity index (χ4v) is 2.43. The summed E-state index contributed by atoms with van der Waals surface area (Å²) in [5.74, 6) is 2.24. The van der Waals surface area contributed by atoms with Crippen molar-refractivity contribution in [1.29, 1.82) is 0 Å². The molecule has 7 nitrogen and oxygen atoms in total. The van der Waals surface area contributed by atoms with Crippen molar-refractivity contribution in [2.45, 2.75) is 47.0 Å². The van der Waals surface area contributed by atoms with Crippen LogP contribution in [0.2, 0.25) is 0 Å². The molecule has 0 aliphatic heterocycles. The summed E-state index contributed by atoms with van der Waals surface area (Å²) in [5, 5.41) is 10.6. The Bertz CT molecular complexity index is 694. The van der Waals surface area contributed by atoms with Crippen molar-refractivity contribution in [2.24, 2.45) is 0 Å². The maximum absolute atomic E-state index is 11.6. The second kappa shape index (κ2) is 8.42. The lowest BCUT2D eigenvalue weighted by molar-refractivity contribution is -0.121. The average molecular weight is 330 g/mol. The fourth-order valence-electron chi connectivity index (χ4n) is 2.43. The molecule has 0 aliphatic carbocycles. The van der Waals surface area contributed by atoms with Gasteiger partial charge in [-0.05, 0) is 33.3 Å². The number of rotatable bonds is 8. The van der Waals surface area contributed by atoms with Crippen LogP contribution >= 0.6 is 0 Å². The van der Waals surface area contributed by atoms with Crippen LogP contribution in [0.5, 0.6) is 0 Å². The van der Waals surface area contributed by atoms with Gasteiger partial charge >= 0.3 is 0 Å². The molecule has 0 unspecified atom stereocenters. The average Bonchev–Trinajstić information content (AvgIpc) is 2.87. The summed E-state index contributed by atoms with van der Waals surface area (Å²) in [6.45, 7) is 9.07. The van der Waals surface area contributed by atoms with E-state index in [4.69, 9.17) is 0 Å². The zero-order valence-corrected chi connectivity index (χ0v) is 14.9. The molecule has 0 aromatic carbocycles. The monoisotopic (exact) mass is 330 g/mol. The van der Waals surface area contributed by atoms with Gasteiger partial charge in [-0.2, -0.15) is 5.10 Å². The van der Waals surface area contributed by atoms with Gasteiger partial charge < -0.3 is 10.6 Å². The second-order valence-corrected chi connectivity index (χ2v) is 5.88. The van der Waals surface area contributed by atoms with Crippen LogP contribution in [0.15, 0.2) is 12.1 Å². The Morgan fingerprint density at radius 2 is 1.96 bits per heavy atom. The quantitative estimate of drug-likeness (QED) is 0.726. The summed E-state index contributed by atoms with van der Waals surface area (Å²) in [6, 6.07) is 3.88. The van der Waals surface area contributed by atoms with Gasteiger partial charge in [0.15, 0.2) is 5.82 Å². The van der Waals surface area contributed by atoms with Crippen molar-refractivity contribution in [1.82, 2.24) is 25.1 Å².